The minimum Gasteiger partial charge on any atom is -0.493 e. The summed E-state index contributed by atoms with van der Waals surface area (Å²) in [5.41, 5.74) is 3.93. The number of nitrogens with zero attached hydrogens (tertiary/aromatic N) is 1. The van der Waals surface area contributed by atoms with Crippen LogP contribution < -0.4 is 20.3 Å². The summed E-state index contributed by atoms with van der Waals surface area (Å²) in [5, 5.41) is 14.9. The molecule has 0 saturated carbocycles. The molecule has 9 nitrogen and oxygen atoms in total. The van der Waals surface area contributed by atoms with Crippen molar-refractivity contribution in [3.05, 3.63) is 65.9 Å². The fourth-order valence-electron chi connectivity index (χ4n) is 2.83. The molecule has 1 heterocycles. The highest BCUT2D eigenvalue weighted by atomic mass is 16.5. The zero-order chi connectivity index (χ0) is 22.1. The summed E-state index contributed by atoms with van der Waals surface area (Å²) in [6.45, 7) is 3.18. The number of hydrogen-bond donors (Lipinski definition) is 3. The van der Waals surface area contributed by atoms with Gasteiger partial charge < -0.3 is 19.3 Å². The fourth-order valence-corrected chi connectivity index (χ4v) is 2.83. The topological polar surface area (TPSA) is 123 Å². The number of carbonyl (C=O) groups is 2. The minimum atomic E-state index is -0.818. The first-order valence-electron chi connectivity index (χ1n) is 9.76. The molecule has 0 radical (unpaired) electrons. The van der Waals surface area contributed by atoms with Crippen LogP contribution in [0.5, 0.6) is 11.6 Å². The summed E-state index contributed by atoms with van der Waals surface area (Å²) in [5.74, 6) is -0.251. The molecule has 31 heavy (non-hydrogen) atoms. The smallest absolute Gasteiger partial charge is 0.313 e. The van der Waals surface area contributed by atoms with Crippen molar-refractivity contribution in [2.45, 2.75) is 13.3 Å². The van der Waals surface area contributed by atoms with E-state index in [1.165, 1.54) is 11.5 Å². The fraction of sp³-hybridized carbons (Fsp3) is 0.227. The average Bonchev–Trinajstić information content (AvgIpc) is 3.28. The summed E-state index contributed by atoms with van der Waals surface area (Å²) in [4.78, 5) is 23.5. The Morgan fingerprint density at radius 1 is 1.06 bits per heavy atom. The highest BCUT2D eigenvalue weighted by Crippen LogP contribution is 2.29. The zero-order valence-electron chi connectivity index (χ0n) is 17.0. The number of nitrogens with one attached hydrogen (secondary N) is 2. The first-order chi connectivity index (χ1) is 15.1. The molecule has 0 spiro atoms. The van der Waals surface area contributed by atoms with Crippen LogP contribution in [0.15, 0.2) is 59.1 Å². The molecule has 9 heteroatoms. The Balaban J connectivity index is 1.46. The van der Waals surface area contributed by atoms with E-state index in [1.54, 1.807) is 12.1 Å². The maximum atomic E-state index is 12.3. The van der Waals surface area contributed by atoms with E-state index in [9.17, 15) is 9.59 Å². The molecule has 162 valence electrons. The van der Waals surface area contributed by atoms with Gasteiger partial charge in [0.05, 0.1) is 19.3 Å². The van der Waals surface area contributed by atoms with Crippen molar-refractivity contribution in [3.63, 3.8) is 0 Å². The van der Waals surface area contributed by atoms with Crippen LogP contribution >= 0.6 is 0 Å². The maximum absolute atomic E-state index is 12.3. The lowest BCUT2D eigenvalue weighted by Crippen LogP contribution is -2.25. The largest absolute Gasteiger partial charge is 0.493 e. The number of aromatic nitrogens is 1. The summed E-state index contributed by atoms with van der Waals surface area (Å²) < 4.78 is 15.7. The Morgan fingerprint density at radius 3 is 2.58 bits per heavy atom. The van der Waals surface area contributed by atoms with Gasteiger partial charge in [-0.1, -0.05) is 30.3 Å². The lowest BCUT2D eigenvalue weighted by Gasteiger charge is -2.11. The molecule has 3 rings (SSSR count). The van der Waals surface area contributed by atoms with Crippen LogP contribution in [0, 0.1) is 0 Å². The van der Waals surface area contributed by atoms with Crippen LogP contribution in [0.4, 0.5) is 0 Å². The van der Waals surface area contributed by atoms with Crippen molar-refractivity contribution in [2.75, 3.05) is 19.8 Å². The predicted molar refractivity (Wildman–Crippen MR) is 111 cm³/mol. The second-order valence-electron chi connectivity index (χ2n) is 6.43. The van der Waals surface area contributed by atoms with Crippen LogP contribution in [0.25, 0.3) is 11.1 Å². The Labute approximate surface area is 178 Å². The molecule has 2 aromatic carbocycles. The van der Waals surface area contributed by atoms with Gasteiger partial charge in [0.2, 0.25) is 5.76 Å². The third-order valence-corrected chi connectivity index (χ3v) is 4.32. The Bertz CT molecular complexity index is 1020. The zero-order valence-corrected chi connectivity index (χ0v) is 17.0. The Hall–Kier alpha value is -3.85. The maximum Gasteiger partial charge on any atom is 0.313 e. The van der Waals surface area contributed by atoms with Crippen molar-refractivity contribution < 1.29 is 28.8 Å². The van der Waals surface area contributed by atoms with Crippen molar-refractivity contribution in [3.8, 4) is 22.8 Å². The van der Waals surface area contributed by atoms with Gasteiger partial charge in [-0.25, -0.2) is 5.48 Å². The third-order valence-electron chi connectivity index (χ3n) is 4.32. The molecule has 0 aliphatic rings. The molecule has 1 aromatic heterocycles. The number of ether oxygens (including phenoxy) is 2. The number of amides is 2. The van der Waals surface area contributed by atoms with E-state index < -0.39 is 5.91 Å². The lowest BCUT2D eigenvalue weighted by atomic mass is 10.0. The van der Waals surface area contributed by atoms with Gasteiger partial charge in [0, 0.05) is 17.7 Å². The van der Waals surface area contributed by atoms with E-state index in [0.29, 0.717) is 25.1 Å². The quantitative estimate of drug-likeness (QED) is 0.259. The van der Waals surface area contributed by atoms with Gasteiger partial charge in [0.25, 0.3) is 11.8 Å². The SMILES string of the molecule is CCOc1ccccc1-c1ccc(C(=O)NCCCOc2cc(C(=O)NO)on2)cc1. The second kappa shape index (κ2) is 10.8. The van der Waals surface area contributed by atoms with Gasteiger partial charge in [-0.2, -0.15) is 0 Å². The third kappa shape index (κ3) is 5.83. The van der Waals surface area contributed by atoms with Crippen molar-refractivity contribution in [1.29, 1.82) is 0 Å². The van der Waals surface area contributed by atoms with Crippen molar-refractivity contribution in [2.24, 2.45) is 0 Å². The first-order valence-corrected chi connectivity index (χ1v) is 9.76. The van der Waals surface area contributed by atoms with Crippen LogP contribution in [0.2, 0.25) is 0 Å². The van der Waals surface area contributed by atoms with E-state index in [4.69, 9.17) is 19.2 Å². The molecule has 3 aromatic rings. The number of rotatable bonds is 10. The van der Waals surface area contributed by atoms with Crippen LogP contribution in [-0.4, -0.2) is 41.9 Å². The summed E-state index contributed by atoms with van der Waals surface area (Å²) in [7, 11) is 0. The summed E-state index contributed by atoms with van der Waals surface area (Å²) in [6, 6.07) is 16.3. The highest BCUT2D eigenvalue weighted by molar-refractivity contribution is 5.94. The van der Waals surface area contributed by atoms with E-state index in [0.717, 1.165) is 16.9 Å². The molecule has 0 unspecified atom stereocenters. The summed E-state index contributed by atoms with van der Waals surface area (Å²) >= 11 is 0. The average molecular weight is 425 g/mol. The molecule has 0 fully saturated rings. The first kappa shape index (κ1) is 21.8. The highest BCUT2D eigenvalue weighted by Gasteiger charge is 2.13. The molecule has 2 amide bonds. The van der Waals surface area contributed by atoms with Crippen LogP contribution in [0.1, 0.15) is 34.3 Å². The van der Waals surface area contributed by atoms with Gasteiger partial charge in [0.1, 0.15) is 5.75 Å². The molecule has 0 aliphatic heterocycles. The van der Waals surface area contributed by atoms with E-state index in [2.05, 4.69) is 10.5 Å². The van der Waals surface area contributed by atoms with E-state index in [-0.39, 0.29) is 24.2 Å². The van der Waals surface area contributed by atoms with Crippen molar-refractivity contribution in [1.82, 2.24) is 16.0 Å². The molecule has 3 N–H and O–H groups in total. The number of benzene rings is 2. The normalized spacial score (nSPS) is 10.4. The summed E-state index contributed by atoms with van der Waals surface area (Å²) in [6.07, 6.45) is 0.528. The monoisotopic (exact) mass is 425 g/mol. The van der Waals surface area contributed by atoms with Gasteiger partial charge in [-0.15, -0.1) is 0 Å². The Kier molecular flexibility index (Phi) is 7.61. The second-order valence-corrected chi connectivity index (χ2v) is 6.43. The number of para-hydroxylation sites is 1. The number of hydroxylamine groups is 1. The minimum absolute atomic E-state index is 0.118. The lowest BCUT2D eigenvalue weighted by molar-refractivity contribution is 0.0666. The van der Waals surface area contributed by atoms with E-state index in [1.807, 2.05) is 43.3 Å². The number of hydrogen-bond acceptors (Lipinski definition) is 7. The molecular formula is C22H23N3O6. The predicted octanol–water partition coefficient (Wildman–Crippen LogP) is 3.06. The standard InChI is InChI=1S/C22H23N3O6/c1-2-29-18-7-4-3-6-17(18)15-8-10-16(11-9-15)21(26)23-12-5-13-30-20-14-19(31-25-20)22(27)24-28/h3-4,6-11,14,28H,2,5,12-13H2,1H3,(H,23,26)(H,24,27). The van der Waals surface area contributed by atoms with Crippen LogP contribution in [0.3, 0.4) is 0 Å². The van der Waals surface area contributed by atoms with E-state index >= 15 is 0 Å². The molecule has 0 aliphatic carbocycles. The van der Waals surface area contributed by atoms with Gasteiger partial charge >= 0.3 is 5.91 Å². The molecular weight excluding hydrogens is 402 g/mol. The van der Waals surface area contributed by atoms with Gasteiger partial charge in [-0.05, 0) is 42.3 Å². The Morgan fingerprint density at radius 2 is 1.84 bits per heavy atom. The van der Waals surface area contributed by atoms with Gasteiger partial charge in [-0.3, -0.25) is 14.8 Å². The molecule has 0 bridgehead atoms. The van der Waals surface area contributed by atoms with Crippen LogP contribution in [-0.2, 0) is 0 Å². The van der Waals surface area contributed by atoms with Crippen molar-refractivity contribution >= 4 is 11.8 Å². The molecule has 0 saturated heterocycles. The molecule has 0 atom stereocenters. The van der Waals surface area contributed by atoms with Gasteiger partial charge in [0.15, 0.2) is 0 Å². The number of carbonyl (C=O) groups excluding carboxylic acids is 2.